The maximum absolute atomic E-state index is 12.1. The van der Waals surface area contributed by atoms with Crippen LogP contribution in [0.25, 0.3) is 0 Å². The molecule has 1 N–H and O–H groups in total. The van der Waals surface area contributed by atoms with Gasteiger partial charge in [-0.3, -0.25) is 4.79 Å². The SMILES string of the molecule is CCCOc1c(Cl)cc(C(=O)NC(C)(C)C)cc1OC. The first-order chi connectivity index (χ1) is 9.28. The highest BCUT2D eigenvalue weighted by Crippen LogP contribution is 2.36. The minimum atomic E-state index is -0.311. The Kier molecular flexibility index (Phi) is 5.69. The van der Waals surface area contributed by atoms with E-state index < -0.39 is 0 Å². The van der Waals surface area contributed by atoms with Gasteiger partial charge in [-0.2, -0.15) is 0 Å². The highest BCUT2D eigenvalue weighted by molar-refractivity contribution is 6.32. The molecule has 0 heterocycles. The maximum Gasteiger partial charge on any atom is 0.251 e. The number of carbonyl (C=O) groups excluding carboxylic acids is 1. The van der Waals surface area contributed by atoms with E-state index >= 15 is 0 Å². The molecule has 0 fully saturated rings. The van der Waals surface area contributed by atoms with Crippen LogP contribution in [0.5, 0.6) is 11.5 Å². The quantitative estimate of drug-likeness (QED) is 0.902. The molecule has 0 unspecified atom stereocenters. The summed E-state index contributed by atoms with van der Waals surface area (Å²) in [5.41, 5.74) is 0.138. The molecular formula is C15H22ClNO3. The Morgan fingerprint density at radius 3 is 2.50 bits per heavy atom. The van der Waals surface area contributed by atoms with Crippen LogP contribution in [0.1, 0.15) is 44.5 Å². The smallest absolute Gasteiger partial charge is 0.251 e. The van der Waals surface area contributed by atoms with Crippen LogP contribution in [0, 0.1) is 0 Å². The van der Waals surface area contributed by atoms with E-state index in [4.69, 9.17) is 21.1 Å². The Hall–Kier alpha value is -1.42. The average molecular weight is 300 g/mol. The zero-order valence-electron chi connectivity index (χ0n) is 12.7. The second kappa shape index (κ2) is 6.84. The fourth-order valence-electron chi connectivity index (χ4n) is 1.61. The molecule has 0 bridgehead atoms. The summed E-state index contributed by atoms with van der Waals surface area (Å²) in [5.74, 6) is 0.744. The van der Waals surface area contributed by atoms with Gasteiger partial charge in [0.15, 0.2) is 11.5 Å². The minimum Gasteiger partial charge on any atom is -0.493 e. The lowest BCUT2D eigenvalue weighted by atomic mass is 10.1. The number of methoxy groups -OCH3 is 1. The van der Waals surface area contributed by atoms with Crippen LogP contribution in [-0.4, -0.2) is 25.2 Å². The Morgan fingerprint density at radius 1 is 1.35 bits per heavy atom. The third-order valence-electron chi connectivity index (χ3n) is 2.43. The first kappa shape index (κ1) is 16.6. The van der Waals surface area contributed by atoms with Gasteiger partial charge in [-0.15, -0.1) is 0 Å². The largest absolute Gasteiger partial charge is 0.493 e. The molecule has 5 heteroatoms. The number of ether oxygens (including phenoxy) is 2. The molecule has 0 saturated carbocycles. The molecule has 20 heavy (non-hydrogen) atoms. The van der Waals surface area contributed by atoms with E-state index in [-0.39, 0.29) is 11.4 Å². The summed E-state index contributed by atoms with van der Waals surface area (Å²) in [5, 5.41) is 3.25. The molecule has 0 aromatic heterocycles. The zero-order chi connectivity index (χ0) is 15.3. The molecule has 0 atom stereocenters. The van der Waals surface area contributed by atoms with Crippen molar-refractivity contribution in [3.8, 4) is 11.5 Å². The number of halogens is 1. The molecule has 0 aliphatic rings. The fourth-order valence-corrected chi connectivity index (χ4v) is 1.87. The van der Waals surface area contributed by atoms with E-state index in [2.05, 4.69) is 5.32 Å². The van der Waals surface area contributed by atoms with Gasteiger partial charge in [0.2, 0.25) is 0 Å². The van der Waals surface area contributed by atoms with Crippen LogP contribution in [0.2, 0.25) is 5.02 Å². The van der Waals surface area contributed by atoms with E-state index in [0.717, 1.165) is 6.42 Å². The molecule has 0 aliphatic carbocycles. The molecule has 1 aromatic rings. The van der Waals surface area contributed by atoms with Gasteiger partial charge in [-0.1, -0.05) is 18.5 Å². The van der Waals surface area contributed by atoms with Crippen molar-refractivity contribution < 1.29 is 14.3 Å². The summed E-state index contributed by atoms with van der Waals surface area (Å²) in [7, 11) is 1.52. The van der Waals surface area contributed by atoms with Crippen molar-refractivity contribution in [2.45, 2.75) is 39.7 Å². The van der Waals surface area contributed by atoms with Crippen molar-refractivity contribution in [1.29, 1.82) is 0 Å². The van der Waals surface area contributed by atoms with Crippen molar-refractivity contribution in [3.63, 3.8) is 0 Å². The molecule has 0 saturated heterocycles. The van der Waals surface area contributed by atoms with Gasteiger partial charge in [-0.05, 0) is 39.3 Å². The van der Waals surface area contributed by atoms with Crippen molar-refractivity contribution >= 4 is 17.5 Å². The molecule has 1 amide bonds. The average Bonchev–Trinajstić information content (AvgIpc) is 2.34. The van der Waals surface area contributed by atoms with E-state index in [1.54, 1.807) is 12.1 Å². The predicted octanol–water partition coefficient (Wildman–Crippen LogP) is 3.67. The first-order valence-corrected chi connectivity index (χ1v) is 6.99. The molecule has 1 aromatic carbocycles. The van der Waals surface area contributed by atoms with Crippen LogP contribution < -0.4 is 14.8 Å². The summed E-state index contributed by atoms with van der Waals surface area (Å²) in [6.45, 7) is 8.31. The number of benzene rings is 1. The van der Waals surface area contributed by atoms with Gasteiger partial charge in [0, 0.05) is 11.1 Å². The molecule has 0 radical (unpaired) electrons. The second-order valence-electron chi connectivity index (χ2n) is 5.54. The van der Waals surface area contributed by atoms with E-state index in [1.807, 2.05) is 27.7 Å². The molecule has 1 rings (SSSR count). The lowest BCUT2D eigenvalue weighted by molar-refractivity contribution is 0.0919. The van der Waals surface area contributed by atoms with E-state index in [0.29, 0.717) is 28.7 Å². The monoisotopic (exact) mass is 299 g/mol. The van der Waals surface area contributed by atoms with Crippen LogP contribution in [0.15, 0.2) is 12.1 Å². The molecule has 112 valence electrons. The first-order valence-electron chi connectivity index (χ1n) is 6.61. The number of rotatable bonds is 5. The van der Waals surface area contributed by atoms with Crippen molar-refractivity contribution in [3.05, 3.63) is 22.7 Å². The summed E-state index contributed by atoms with van der Waals surface area (Å²) < 4.78 is 10.8. The third kappa shape index (κ3) is 4.60. The highest BCUT2D eigenvalue weighted by atomic mass is 35.5. The predicted molar refractivity (Wildman–Crippen MR) is 81.0 cm³/mol. The second-order valence-corrected chi connectivity index (χ2v) is 5.95. The number of amides is 1. The number of hydrogen-bond donors (Lipinski definition) is 1. The summed E-state index contributed by atoms with van der Waals surface area (Å²) in [4.78, 5) is 12.1. The van der Waals surface area contributed by atoms with Gasteiger partial charge < -0.3 is 14.8 Å². The van der Waals surface area contributed by atoms with Crippen molar-refractivity contribution in [2.75, 3.05) is 13.7 Å². The lowest BCUT2D eigenvalue weighted by Gasteiger charge is -2.21. The van der Waals surface area contributed by atoms with Crippen LogP contribution in [0.4, 0.5) is 0 Å². The number of hydrogen-bond acceptors (Lipinski definition) is 3. The van der Waals surface area contributed by atoms with Crippen LogP contribution in [0.3, 0.4) is 0 Å². The maximum atomic E-state index is 12.1. The van der Waals surface area contributed by atoms with Gasteiger partial charge in [0.05, 0.1) is 18.7 Å². The standard InChI is InChI=1S/C15H22ClNO3/c1-6-7-20-13-11(16)8-10(9-12(13)19-5)14(18)17-15(2,3)4/h8-9H,6-7H2,1-5H3,(H,17,18). The van der Waals surface area contributed by atoms with Crippen molar-refractivity contribution in [1.82, 2.24) is 5.32 Å². The summed E-state index contributed by atoms with van der Waals surface area (Å²) >= 11 is 6.18. The molecular weight excluding hydrogens is 278 g/mol. The van der Waals surface area contributed by atoms with Gasteiger partial charge in [-0.25, -0.2) is 0 Å². The summed E-state index contributed by atoms with van der Waals surface area (Å²) in [6.07, 6.45) is 0.867. The topological polar surface area (TPSA) is 47.6 Å². The van der Waals surface area contributed by atoms with E-state index in [9.17, 15) is 4.79 Å². The fraction of sp³-hybridized carbons (Fsp3) is 0.533. The Labute approximate surface area is 125 Å². The summed E-state index contributed by atoms with van der Waals surface area (Å²) in [6, 6.07) is 3.23. The zero-order valence-corrected chi connectivity index (χ0v) is 13.4. The normalized spacial score (nSPS) is 11.1. The number of nitrogens with one attached hydrogen (secondary N) is 1. The lowest BCUT2D eigenvalue weighted by Crippen LogP contribution is -2.40. The van der Waals surface area contributed by atoms with Crippen molar-refractivity contribution in [2.24, 2.45) is 0 Å². The molecule has 0 aliphatic heterocycles. The number of carbonyl (C=O) groups is 1. The highest BCUT2D eigenvalue weighted by Gasteiger charge is 2.19. The molecule has 4 nitrogen and oxygen atoms in total. The van der Waals surface area contributed by atoms with E-state index in [1.165, 1.54) is 7.11 Å². The minimum absolute atomic E-state index is 0.195. The Morgan fingerprint density at radius 2 is 2.00 bits per heavy atom. The van der Waals surface area contributed by atoms with Gasteiger partial charge in [0.25, 0.3) is 5.91 Å². The van der Waals surface area contributed by atoms with Gasteiger partial charge in [0.1, 0.15) is 0 Å². The Balaban J connectivity index is 3.06. The Bertz CT molecular complexity index is 481. The molecule has 0 spiro atoms. The third-order valence-corrected chi connectivity index (χ3v) is 2.71. The van der Waals surface area contributed by atoms with Gasteiger partial charge >= 0.3 is 0 Å². The van der Waals surface area contributed by atoms with Crippen LogP contribution in [-0.2, 0) is 0 Å². The van der Waals surface area contributed by atoms with Crippen LogP contribution >= 0.6 is 11.6 Å².